The summed E-state index contributed by atoms with van der Waals surface area (Å²) >= 11 is 3.10. The first kappa shape index (κ1) is 12.9. The first-order chi connectivity index (χ1) is 7.40. The summed E-state index contributed by atoms with van der Waals surface area (Å²) in [7, 11) is 1.37. The molecule has 1 rings (SSSR count). The second kappa shape index (κ2) is 4.80. The highest BCUT2D eigenvalue weighted by Crippen LogP contribution is 2.36. The zero-order valence-corrected chi connectivity index (χ0v) is 10.3. The summed E-state index contributed by atoms with van der Waals surface area (Å²) in [4.78, 5) is 10.8. The second-order valence-corrected chi connectivity index (χ2v) is 4.08. The number of nitrogens with two attached hydrogens (primary N) is 1. The Balaban J connectivity index is 3.50. The smallest absolute Gasteiger partial charge is 0.325 e. The van der Waals surface area contributed by atoms with Crippen molar-refractivity contribution in [1.29, 1.82) is 0 Å². The lowest BCUT2D eigenvalue weighted by Gasteiger charge is -2.17. The fourth-order valence-electron chi connectivity index (χ4n) is 1.42. The number of ether oxygens (including phenoxy) is 1. The maximum absolute atomic E-state index is 13.4. The highest BCUT2D eigenvalue weighted by atomic mass is 79.9. The van der Waals surface area contributed by atoms with Crippen molar-refractivity contribution in [2.45, 2.75) is 13.0 Å². The van der Waals surface area contributed by atoms with Crippen molar-refractivity contribution in [1.82, 2.24) is 0 Å². The topological polar surface area (TPSA) is 72.5 Å². The van der Waals surface area contributed by atoms with E-state index in [2.05, 4.69) is 15.9 Å². The fourth-order valence-corrected chi connectivity index (χ4v) is 1.99. The number of carbonyl (C=O) groups is 1. The molecule has 0 fully saturated rings. The summed E-state index contributed by atoms with van der Waals surface area (Å²) in [6.07, 6.45) is 0. The molecule has 6 heteroatoms. The number of halogens is 2. The van der Waals surface area contributed by atoms with Gasteiger partial charge in [-0.1, -0.05) is 0 Å². The quantitative estimate of drug-likeness (QED) is 0.893. The number of carboxylic acid groups (broad SMARTS) is 1. The van der Waals surface area contributed by atoms with Gasteiger partial charge >= 0.3 is 5.97 Å². The van der Waals surface area contributed by atoms with Crippen LogP contribution in [0.1, 0.15) is 17.2 Å². The summed E-state index contributed by atoms with van der Waals surface area (Å²) in [5.74, 6) is -1.52. The van der Waals surface area contributed by atoms with Crippen LogP contribution in [0.2, 0.25) is 0 Å². The molecular weight excluding hydrogens is 281 g/mol. The van der Waals surface area contributed by atoms with E-state index in [9.17, 15) is 9.18 Å². The van der Waals surface area contributed by atoms with Crippen molar-refractivity contribution < 1.29 is 19.0 Å². The van der Waals surface area contributed by atoms with Gasteiger partial charge in [0.2, 0.25) is 0 Å². The molecule has 0 aliphatic heterocycles. The van der Waals surface area contributed by atoms with Crippen LogP contribution in [-0.2, 0) is 4.79 Å². The van der Waals surface area contributed by atoms with Crippen LogP contribution < -0.4 is 10.5 Å². The Morgan fingerprint density at radius 3 is 2.69 bits per heavy atom. The summed E-state index contributed by atoms with van der Waals surface area (Å²) in [5.41, 5.74) is 5.80. The average molecular weight is 292 g/mol. The largest absolute Gasteiger partial charge is 0.495 e. The molecule has 0 aliphatic carbocycles. The molecular formula is C10H11BrFNO3. The van der Waals surface area contributed by atoms with E-state index in [0.29, 0.717) is 4.47 Å². The lowest BCUT2D eigenvalue weighted by molar-refractivity contribution is -0.138. The van der Waals surface area contributed by atoms with Crippen molar-refractivity contribution in [2.24, 2.45) is 5.73 Å². The molecule has 0 saturated heterocycles. The van der Waals surface area contributed by atoms with E-state index < -0.39 is 17.8 Å². The predicted molar refractivity (Wildman–Crippen MR) is 60.0 cm³/mol. The van der Waals surface area contributed by atoms with Gasteiger partial charge in [-0.15, -0.1) is 0 Å². The zero-order chi connectivity index (χ0) is 12.5. The van der Waals surface area contributed by atoms with Gasteiger partial charge < -0.3 is 15.6 Å². The van der Waals surface area contributed by atoms with Gasteiger partial charge in [-0.3, -0.25) is 4.79 Å². The Hall–Kier alpha value is -1.14. The van der Waals surface area contributed by atoms with E-state index in [4.69, 9.17) is 15.6 Å². The third kappa shape index (κ3) is 2.17. The first-order valence-corrected chi connectivity index (χ1v) is 5.20. The Labute approximate surface area is 100 Å². The van der Waals surface area contributed by atoms with E-state index in [0.717, 1.165) is 0 Å². The van der Waals surface area contributed by atoms with E-state index >= 15 is 0 Å². The summed E-state index contributed by atoms with van der Waals surface area (Å²) in [6.45, 7) is 1.46. The molecule has 3 N–H and O–H groups in total. The first-order valence-electron chi connectivity index (χ1n) is 4.41. The highest BCUT2D eigenvalue weighted by Gasteiger charge is 2.25. The fraction of sp³-hybridized carbons (Fsp3) is 0.300. The molecule has 0 bridgehead atoms. The van der Waals surface area contributed by atoms with Gasteiger partial charge in [0.1, 0.15) is 17.6 Å². The van der Waals surface area contributed by atoms with Crippen LogP contribution in [-0.4, -0.2) is 18.2 Å². The molecule has 1 aromatic rings. The van der Waals surface area contributed by atoms with Crippen LogP contribution in [0.25, 0.3) is 0 Å². The Morgan fingerprint density at radius 2 is 2.25 bits per heavy atom. The van der Waals surface area contributed by atoms with Gasteiger partial charge in [0, 0.05) is 5.56 Å². The van der Waals surface area contributed by atoms with Gasteiger partial charge in [0.25, 0.3) is 0 Å². The van der Waals surface area contributed by atoms with Crippen LogP contribution in [0.4, 0.5) is 4.39 Å². The van der Waals surface area contributed by atoms with Gasteiger partial charge in [0.15, 0.2) is 0 Å². The summed E-state index contributed by atoms with van der Waals surface area (Å²) in [5, 5.41) is 8.84. The molecule has 88 valence electrons. The van der Waals surface area contributed by atoms with Crippen molar-refractivity contribution in [2.75, 3.05) is 7.11 Å². The van der Waals surface area contributed by atoms with Crippen LogP contribution in [0, 0.1) is 12.7 Å². The minimum atomic E-state index is -1.32. The van der Waals surface area contributed by atoms with Gasteiger partial charge in [-0.25, -0.2) is 4.39 Å². The lowest BCUT2D eigenvalue weighted by Crippen LogP contribution is -2.23. The minimum absolute atomic E-state index is 0.141. The summed E-state index contributed by atoms with van der Waals surface area (Å²) in [6, 6.07) is -0.103. The number of carboxylic acids is 1. The van der Waals surface area contributed by atoms with Gasteiger partial charge in [0.05, 0.1) is 11.6 Å². The normalized spacial score (nSPS) is 12.3. The molecule has 0 heterocycles. The minimum Gasteiger partial charge on any atom is -0.495 e. The Kier molecular flexibility index (Phi) is 3.88. The molecule has 0 radical (unpaired) electrons. The molecule has 0 amide bonds. The SMILES string of the molecule is COc1c(Br)cc(F)c(C)c1C(N)C(=O)O. The zero-order valence-electron chi connectivity index (χ0n) is 8.75. The molecule has 1 atom stereocenters. The van der Waals surface area contributed by atoms with Crippen molar-refractivity contribution in [3.63, 3.8) is 0 Å². The lowest BCUT2D eigenvalue weighted by atomic mass is 10.00. The molecule has 0 spiro atoms. The number of methoxy groups -OCH3 is 1. The van der Waals surface area contributed by atoms with Crippen LogP contribution in [0.3, 0.4) is 0 Å². The third-order valence-electron chi connectivity index (χ3n) is 2.26. The van der Waals surface area contributed by atoms with Crippen LogP contribution in [0.5, 0.6) is 5.75 Å². The molecule has 0 aliphatic rings. The predicted octanol–water partition coefficient (Wildman–Crippen LogP) is 1.99. The molecule has 4 nitrogen and oxygen atoms in total. The van der Waals surface area contributed by atoms with E-state index in [1.165, 1.54) is 20.1 Å². The maximum Gasteiger partial charge on any atom is 0.325 e. The molecule has 0 saturated carbocycles. The van der Waals surface area contributed by atoms with Crippen molar-refractivity contribution in [3.8, 4) is 5.75 Å². The number of aliphatic carboxylic acids is 1. The number of hydrogen-bond acceptors (Lipinski definition) is 3. The van der Waals surface area contributed by atoms with Crippen molar-refractivity contribution >= 4 is 21.9 Å². The standard InChI is InChI=1S/C10H11BrFNO3/c1-4-6(12)3-5(11)9(16-2)7(4)8(13)10(14)15/h3,8H,13H2,1-2H3,(H,14,15). The van der Waals surface area contributed by atoms with Gasteiger partial charge in [-0.2, -0.15) is 0 Å². The van der Waals surface area contributed by atoms with E-state index in [1.54, 1.807) is 0 Å². The number of rotatable bonds is 3. The molecule has 16 heavy (non-hydrogen) atoms. The summed E-state index contributed by atoms with van der Waals surface area (Å²) < 4.78 is 18.8. The number of benzene rings is 1. The average Bonchev–Trinajstić information content (AvgIpc) is 2.21. The Morgan fingerprint density at radius 1 is 1.69 bits per heavy atom. The Bertz CT molecular complexity index is 437. The third-order valence-corrected chi connectivity index (χ3v) is 2.85. The molecule has 1 aromatic carbocycles. The van der Waals surface area contributed by atoms with Gasteiger partial charge in [-0.05, 0) is 34.5 Å². The second-order valence-electron chi connectivity index (χ2n) is 3.23. The van der Waals surface area contributed by atoms with Crippen LogP contribution >= 0.6 is 15.9 Å². The van der Waals surface area contributed by atoms with Crippen molar-refractivity contribution in [3.05, 3.63) is 27.5 Å². The maximum atomic E-state index is 13.4. The monoisotopic (exact) mass is 291 g/mol. The highest BCUT2D eigenvalue weighted by molar-refractivity contribution is 9.10. The molecule has 0 aromatic heterocycles. The van der Waals surface area contributed by atoms with Crippen LogP contribution in [0.15, 0.2) is 10.5 Å². The number of hydrogen-bond donors (Lipinski definition) is 2. The molecule has 1 unspecified atom stereocenters. The van der Waals surface area contributed by atoms with E-state index in [-0.39, 0.29) is 16.9 Å². The van der Waals surface area contributed by atoms with E-state index in [1.807, 2.05) is 0 Å².